The molecule has 0 aliphatic heterocycles. The van der Waals surface area contributed by atoms with Crippen LogP contribution in [-0.2, 0) is 11.3 Å². The Balaban J connectivity index is 2.72. The van der Waals surface area contributed by atoms with Crippen molar-refractivity contribution < 1.29 is 4.79 Å². The van der Waals surface area contributed by atoms with Crippen LogP contribution in [0.25, 0.3) is 0 Å². The molecule has 0 fully saturated rings. The lowest BCUT2D eigenvalue weighted by atomic mass is 10.1. The van der Waals surface area contributed by atoms with Crippen LogP contribution in [0, 0.1) is 5.92 Å². The van der Waals surface area contributed by atoms with Gasteiger partial charge in [-0.3, -0.25) is 4.79 Å². The summed E-state index contributed by atoms with van der Waals surface area (Å²) in [6.45, 7) is 7.57. The smallest absolute Gasteiger partial charge is 0.224 e. The number of anilines is 1. The Morgan fingerprint density at radius 1 is 1.33 bits per heavy atom. The maximum atomic E-state index is 11.6. The van der Waals surface area contributed by atoms with Crippen molar-refractivity contribution in [2.75, 3.05) is 25.5 Å². The first kappa shape index (κ1) is 17.8. The van der Waals surface area contributed by atoms with Crippen molar-refractivity contribution in [3.05, 3.63) is 28.8 Å². The molecule has 1 aromatic carbocycles. The summed E-state index contributed by atoms with van der Waals surface area (Å²) in [7, 11) is 3.61. The minimum absolute atomic E-state index is 0.0377. The molecule has 0 spiro atoms. The number of rotatable bonds is 7. The normalized spacial score (nSPS) is 12.3. The lowest BCUT2D eigenvalue weighted by molar-refractivity contribution is -0.123. The second-order valence-electron chi connectivity index (χ2n) is 5.72. The quantitative estimate of drug-likeness (QED) is 0.813. The highest BCUT2D eigenvalue weighted by Crippen LogP contribution is 2.26. The Labute approximate surface area is 132 Å². The average molecular weight is 312 g/mol. The topological polar surface area (TPSA) is 44.4 Å². The second kappa shape index (κ2) is 8.25. The molecule has 21 heavy (non-hydrogen) atoms. The van der Waals surface area contributed by atoms with Gasteiger partial charge in [0.25, 0.3) is 0 Å². The van der Waals surface area contributed by atoms with Crippen molar-refractivity contribution in [2.24, 2.45) is 5.92 Å². The third-order valence-electron chi connectivity index (χ3n) is 3.38. The molecule has 0 saturated heterocycles. The van der Waals surface area contributed by atoms with Crippen LogP contribution in [0.3, 0.4) is 0 Å². The van der Waals surface area contributed by atoms with E-state index < -0.39 is 0 Å². The molecule has 2 N–H and O–H groups in total. The second-order valence-corrected chi connectivity index (χ2v) is 6.12. The van der Waals surface area contributed by atoms with E-state index in [2.05, 4.69) is 30.5 Å². The van der Waals surface area contributed by atoms with Crippen molar-refractivity contribution in [1.82, 2.24) is 10.6 Å². The lowest BCUT2D eigenvalue weighted by Gasteiger charge is -2.24. The van der Waals surface area contributed by atoms with Crippen molar-refractivity contribution in [2.45, 2.75) is 33.4 Å². The van der Waals surface area contributed by atoms with Crippen LogP contribution >= 0.6 is 11.6 Å². The Hall–Kier alpha value is -1.26. The van der Waals surface area contributed by atoms with Crippen molar-refractivity contribution in [1.29, 1.82) is 0 Å². The summed E-state index contributed by atoms with van der Waals surface area (Å²) >= 11 is 6.37. The summed E-state index contributed by atoms with van der Waals surface area (Å²) in [6.07, 6.45) is 0. The van der Waals surface area contributed by atoms with Gasteiger partial charge in [0, 0.05) is 33.2 Å². The van der Waals surface area contributed by atoms with Crippen LogP contribution in [-0.4, -0.2) is 32.6 Å². The molecule has 0 aromatic heterocycles. The molecular weight excluding hydrogens is 286 g/mol. The molecule has 1 rings (SSSR count). The van der Waals surface area contributed by atoms with Gasteiger partial charge in [0.15, 0.2) is 0 Å². The molecule has 0 bridgehead atoms. The van der Waals surface area contributed by atoms with Gasteiger partial charge in [-0.05, 0) is 17.7 Å². The standard InChI is InChI=1S/C16H26ClN3O/c1-11(2)19-9-13-6-7-15(14(17)8-13)20(5)10-12(3)16(21)18-4/h6-8,11-12,19H,9-10H2,1-5H3,(H,18,21). The fraction of sp³-hybridized carbons (Fsp3) is 0.562. The molecule has 1 amide bonds. The molecule has 4 nitrogen and oxygen atoms in total. The summed E-state index contributed by atoms with van der Waals surface area (Å²) in [6, 6.07) is 6.50. The Kier molecular flexibility index (Phi) is 6.99. The van der Waals surface area contributed by atoms with Crippen LogP contribution in [0.4, 0.5) is 5.69 Å². The zero-order valence-corrected chi connectivity index (χ0v) is 14.3. The van der Waals surface area contributed by atoms with Gasteiger partial charge in [-0.15, -0.1) is 0 Å². The van der Waals surface area contributed by atoms with Gasteiger partial charge in [-0.1, -0.05) is 38.4 Å². The Morgan fingerprint density at radius 3 is 2.52 bits per heavy atom. The largest absolute Gasteiger partial charge is 0.373 e. The molecule has 0 aliphatic rings. The number of carbonyl (C=O) groups is 1. The average Bonchev–Trinajstić information content (AvgIpc) is 2.43. The molecule has 0 saturated carbocycles. The van der Waals surface area contributed by atoms with Crippen molar-refractivity contribution >= 4 is 23.2 Å². The molecule has 1 aromatic rings. The number of nitrogens with one attached hydrogen (secondary N) is 2. The monoisotopic (exact) mass is 311 g/mol. The summed E-state index contributed by atoms with van der Waals surface area (Å²) in [5, 5.41) is 6.75. The van der Waals surface area contributed by atoms with E-state index >= 15 is 0 Å². The third-order valence-corrected chi connectivity index (χ3v) is 3.68. The minimum Gasteiger partial charge on any atom is -0.373 e. The molecule has 1 unspecified atom stereocenters. The van der Waals surface area contributed by atoms with Gasteiger partial charge in [0.1, 0.15) is 0 Å². The summed E-state index contributed by atoms with van der Waals surface area (Å²) in [4.78, 5) is 13.6. The van der Waals surface area contributed by atoms with Crippen LogP contribution < -0.4 is 15.5 Å². The number of hydrogen-bond acceptors (Lipinski definition) is 3. The number of benzene rings is 1. The molecule has 0 heterocycles. The van der Waals surface area contributed by atoms with Crippen LogP contribution in [0.1, 0.15) is 26.3 Å². The maximum absolute atomic E-state index is 11.6. The van der Waals surface area contributed by atoms with E-state index in [0.717, 1.165) is 17.8 Å². The molecule has 5 heteroatoms. The van der Waals surface area contributed by atoms with Gasteiger partial charge in [0.2, 0.25) is 5.91 Å². The highest BCUT2D eigenvalue weighted by atomic mass is 35.5. The zero-order chi connectivity index (χ0) is 16.0. The first-order chi connectivity index (χ1) is 9.85. The zero-order valence-electron chi connectivity index (χ0n) is 13.5. The number of hydrogen-bond donors (Lipinski definition) is 2. The molecule has 0 aliphatic carbocycles. The van der Waals surface area contributed by atoms with Gasteiger partial charge >= 0.3 is 0 Å². The Bertz CT molecular complexity index is 477. The number of carbonyl (C=O) groups excluding carboxylic acids is 1. The van der Waals surface area contributed by atoms with E-state index in [1.54, 1.807) is 7.05 Å². The van der Waals surface area contributed by atoms with E-state index in [4.69, 9.17) is 11.6 Å². The fourth-order valence-corrected chi connectivity index (χ4v) is 2.48. The summed E-state index contributed by atoms with van der Waals surface area (Å²) in [5.74, 6) is -0.0472. The summed E-state index contributed by atoms with van der Waals surface area (Å²) in [5.41, 5.74) is 2.10. The number of nitrogens with zero attached hydrogens (tertiary/aromatic N) is 1. The number of amides is 1. The van der Waals surface area contributed by atoms with Gasteiger partial charge < -0.3 is 15.5 Å². The predicted molar refractivity (Wildman–Crippen MR) is 89.9 cm³/mol. The van der Waals surface area contributed by atoms with Crippen molar-refractivity contribution in [3.63, 3.8) is 0 Å². The van der Waals surface area contributed by atoms with Crippen molar-refractivity contribution in [3.8, 4) is 0 Å². The third kappa shape index (κ3) is 5.56. The first-order valence-corrected chi connectivity index (χ1v) is 7.67. The van der Waals surface area contributed by atoms with E-state index in [1.165, 1.54) is 0 Å². The van der Waals surface area contributed by atoms with Crippen LogP contribution in [0.5, 0.6) is 0 Å². The highest BCUT2D eigenvalue weighted by molar-refractivity contribution is 6.33. The Morgan fingerprint density at radius 2 is 2.00 bits per heavy atom. The summed E-state index contributed by atoms with van der Waals surface area (Å²) < 4.78 is 0. The SMILES string of the molecule is CNC(=O)C(C)CN(C)c1ccc(CNC(C)C)cc1Cl. The van der Waals surface area contributed by atoms with E-state index in [1.807, 2.05) is 31.0 Å². The van der Waals surface area contributed by atoms with E-state index in [-0.39, 0.29) is 11.8 Å². The number of halogens is 1. The first-order valence-electron chi connectivity index (χ1n) is 7.29. The molecule has 1 atom stereocenters. The molecular formula is C16H26ClN3O. The minimum atomic E-state index is -0.0849. The molecule has 118 valence electrons. The van der Waals surface area contributed by atoms with Gasteiger partial charge in [-0.2, -0.15) is 0 Å². The van der Waals surface area contributed by atoms with E-state index in [9.17, 15) is 4.79 Å². The predicted octanol–water partition coefficient (Wildman–Crippen LogP) is 2.66. The fourth-order valence-electron chi connectivity index (χ4n) is 2.13. The lowest BCUT2D eigenvalue weighted by Crippen LogP contribution is -2.34. The highest BCUT2D eigenvalue weighted by Gasteiger charge is 2.15. The molecule has 0 radical (unpaired) electrons. The van der Waals surface area contributed by atoms with E-state index in [0.29, 0.717) is 17.6 Å². The van der Waals surface area contributed by atoms with Gasteiger partial charge in [0.05, 0.1) is 16.6 Å². The van der Waals surface area contributed by atoms with Gasteiger partial charge in [-0.25, -0.2) is 0 Å². The van der Waals surface area contributed by atoms with Crippen LogP contribution in [0.15, 0.2) is 18.2 Å². The maximum Gasteiger partial charge on any atom is 0.224 e. The van der Waals surface area contributed by atoms with Crippen LogP contribution in [0.2, 0.25) is 5.02 Å².